The lowest BCUT2D eigenvalue weighted by Gasteiger charge is -2.15. The summed E-state index contributed by atoms with van der Waals surface area (Å²) in [4.78, 5) is 12.1. The number of carbonyl (C=O) groups is 1. The first-order valence-electron chi connectivity index (χ1n) is 7.19. The second kappa shape index (κ2) is 6.45. The molecule has 1 aromatic rings. The summed E-state index contributed by atoms with van der Waals surface area (Å²) in [6.45, 7) is 2.20. The Hall–Kier alpha value is -2.06. The van der Waals surface area contributed by atoms with Gasteiger partial charge in [-0.2, -0.15) is 26.3 Å². The molecule has 1 aliphatic heterocycles. The number of nitrogens with one attached hydrogen (secondary N) is 1. The molecular weight excluding hydrogens is 338 g/mol. The van der Waals surface area contributed by atoms with Gasteiger partial charge in [0.2, 0.25) is 0 Å². The van der Waals surface area contributed by atoms with Crippen LogP contribution in [-0.2, 0) is 12.4 Å². The number of halogens is 6. The van der Waals surface area contributed by atoms with Gasteiger partial charge in [0.1, 0.15) is 0 Å². The third kappa shape index (κ3) is 4.27. The molecule has 1 aliphatic rings. The van der Waals surface area contributed by atoms with Crippen LogP contribution in [0, 0.1) is 0 Å². The first-order valence-corrected chi connectivity index (χ1v) is 7.19. The van der Waals surface area contributed by atoms with Gasteiger partial charge < -0.3 is 0 Å². The summed E-state index contributed by atoms with van der Waals surface area (Å²) in [6.07, 6.45) is -7.57. The Kier molecular flexibility index (Phi) is 4.91. The number of hydrogen-bond acceptors (Lipinski definition) is 1. The van der Waals surface area contributed by atoms with Crippen molar-refractivity contribution in [3.05, 3.63) is 34.9 Å². The van der Waals surface area contributed by atoms with E-state index in [0.717, 1.165) is 18.6 Å². The average molecular weight is 353 g/mol. The van der Waals surface area contributed by atoms with Crippen molar-refractivity contribution < 1.29 is 35.8 Å². The van der Waals surface area contributed by atoms with Crippen LogP contribution in [0.2, 0.25) is 0 Å². The normalized spacial score (nSPS) is 16.3. The van der Waals surface area contributed by atoms with E-state index in [1.807, 2.05) is 0 Å². The van der Waals surface area contributed by atoms with Crippen molar-refractivity contribution in [3.8, 4) is 0 Å². The molecule has 0 bridgehead atoms. The van der Waals surface area contributed by atoms with Crippen LogP contribution in [0.3, 0.4) is 0 Å². The monoisotopic (exact) mass is 353 g/mol. The fourth-order valence-corrected chi connectivity index (χ4v) is 2.40. The van der Waals surface area contributed by atoms with Crippen molar-refractivity contribution in [2.24, 2.45) is 0 Å². The summed E-state index contributed by atoms with van der Waals surface area (Å²) >= 11 is 0. The number of hydrogen-bond donors (Lipinski definition) is 1. The Morgan fingerprint density at radius 2 is 1.54 bits per heavy atom. The standard InChI is InChI=1S/C15H14F6N2O/c1-9-4-2-3-5-23(9)22-13(24)10-6-11(14(16,17)18)8-12(7-10)15(19,20)21/h6-8H,2-5H2,1H3/p+1. The largest absolute Gasteiger partial charge is 0.416 e. The molecule has 0 saturated heterocycles. The van der Waals surface area contributed by atoms with E-state index >= 15 is 0 Å². The van der Waals surface area contributed by atoms with Crippen molar-refractivity contribution in [2.75, 3.05) is 6.54 Å². The van der Waals surface area contributed by atoms with Crippen molar-refractivity contribution >= 4 is 11.6 Å². The Morgan fingerprint density at radius 1 is 1.00 bits per heavy atom. The molecule has 1 heterocycles. The van der Waals surface area contributed by atoms with Crippen molar-refractivity contribution in [2.45, 2.75) is 38.5 Å². The number of carbonyl (C=O) groups excluding carboxylic acids is 1. The zero-order chi connectivity index (χ0) is 18.1. The number of hydrazine groups is 1. The van der Waals surface area contributed by atoms with E-state index in [-0.39, 0.29) is 6.07 Å². The topological polar surface area (TPSA) is 32.1 Å². The van der Waals surface area contributed by atoms with Gasteiger partial charge in [-0.3, -0.25) is 4.79 Å². The van der Waals surface area contributed by atoms with E-state index in [4.69, 9.17) is 0 Å². The molecule has 132 valence electrons. The van der Waals surface area contributed by atoms with Crippen LogP contribution in [0.4, 0.5) is 26.3 Å². The highest BCUT2D eigenvalue weighted by molar-refractivity contribution is 5.94. The van der Waals surface area contributed by atoms with Crippen LogP contribution in [0.5, 0.6) is 0 Å². The van der Waals surface area contributed by atoms with Crippen molar-refractivity contribution in [1.29, 1.82) is 0 Å². The molecule has 24 heavy (non-hydrogen) atoms. The summed E-state index contributed by atoms with van der Waals surface area (Å²) in [5, 5.41) is 0. The molecule has 0 fully saturated rings. The molecule has 0 radical (unpaired) electrons. The Morgan fingerprint density at radius 3 is 2.00 bits per heavy atom. The molecule has 3 nitrogen and oxygen atoms in total. The lowest BCUT2D eigenvalue weighted by molar-refractivity contribution is -0.577. The van der Waals surface area contributed by atoms with Crippen LogP contribution in [0.25, 0.3) is 0 Å². The number of amides is 1. The highest BCUT2D eigenvalue weighted by atomic mass is 19.4. The molecule has 0 aliphatic carbocycles. The van der Waals surface area contributed by atoms with Crippen LogP contribution < -0.4 is 5.43 Å². The van der Waals surface area contributed by atoms with Gasteiger partial charge >= 0.3 is 18.3 Å². The van der Waals surface area contributed by atoms with E-state index in [2.05, 4.69) is 5.43 Å². The maximum absolute atomic E-state index is 12.8. The number of alkyl halides is 6. The molecule has 0 spiro atoms. The first kappa shape index (κ1) is 18.3. The molecule has 9 heteroatoms. The number of nitrogens with zero attached hydrogens (tertiary/aromatic N) is 1. The molecule has 0 atom stereocenters. The predicted octanol–water partition coefficient (Wildman–Crippen LogP) is 4.03. The van der Waals surface area contributed by atoms with Gasteiger partial charge in [-0.15, -0.1) is 10.1 Å². The van der Waals surface area contributed by atoms with Crippen LogP contribution in [-0.4, -0.2) is 22.8 Å². The smallest absolute Gasteiger partial charge is 0.264 e. The fourth-order valence-electron chi connectivity index (χ4n) is 2.40. The van der Waals surface area contributed by atoms with Gasteiger partial charge in [-0.1, -0.05) is 0 Å². The lowest BCUT2D eigenvalue weighted by atomic mass is 10.0. The van der Waals surface area contributed by atoms with Gasteiger partial charge in [-0.05, 0) is 24.6 Å². The maximum Gasteiger partial charge on any atom is 0.416 e. The second-order valence-electron chi connectivity index (χ2n) is 5.58. The fraction of sp³-hybridized carbons (Fsp3) is 0.467. The lowest BCUT2D eigenvalue weighted by Crippen LogP contribution is -2.40. The van der Waals surface area contributed by atoms with E-state index in [9.17, 15) is 31.1 Å². The molecule has 2 rings (SSSR count). The quantitative estimate of drug-likeness (QED) is 0.632. The zero-order valence-corrected chi connectivity index (χ0v) is 12.7. The van der Waals surface area contributed by atoms with E-state index in [1.54, 1.807) is 6.92 Å². The number of benzene rings is 1. The van der Waals surface area contributed by atoms with Crippen LogP contribution >= 0.6 is 0 Å². The molecular formula is C15H15F6N2O+. The average Bonchev–Trinajstić information content (AvgIpc) is 2.47. The SMILES string of the molecule is CC1=[N+](NC(=O)c2cc(C(F)(F)F)cc(C(F)(F)F)c2)CCCC1. The van der Waals surface area contributed by atoms with Gasteiger partial charge in [0, 0.05) is 25.3 Å². The zero-order valence-electron chi connectivity index (χ0n) is 12.7. The highest BCUT2D eigenvalue weighted by Crippen LogP contribution is 2.36. The third-order valence-electron chi connectivity index (χ3n) is 3.72. The van der Waals surface area contributed by atoms with Crippen LogP contribution in [0.15, 0.2) is 18.2 Å². The van der Waals surface area contributed by atoms with Gasteiger partial charge in [0.05, 0.1) is 11.1 Å². The minimum atomic E-state index is -4.98. The maximum atomic E-state index is 12.8. The van der Waals surface area contributed by atoms with Crippen molar-refractivity contribution in [3.63, 3.8) is 0 Å². The van der Waals surface area contributed by atoms with Gasteiger partial charge in [0.15, 0.2) is 12.3 Å². The van der Waals surface area contributed by atoms with Crippen molar-refractivity contribution in [1.82, 2.24) is 5.43 Å². The van der Waals surface area contributed by atoms with Gasteiger partial charge in [0.25, 0.3) is 0 Å². The summed E-state index contributed by atoms with van der Waals surface area (Å²) in [6, 6.07) is 0.836. The third-order valence-corrected chi connectivity index (χ3v) is 3.72. The molecule has 1 N–H and O–H groups in total. The van der Waals surface area contributed by atoms with Crippen LogP contribution in [0.1, 0.15) is 47.7 Å². The number of hydrazone groups is 1. The summed E-state index contributed by atoms with van der Waals surface area (Å²) < 4.78 is 78.3. The molecule has 0 unspecified atom stereocenters. The molecule has 1 aromatic carbocycles. The predicted molar refractivity (Wildman–Crippen MR) is 73.6 cm³/mol. The second-order valence-corrected chi connectivity index (χ2v) is 5.58. The summed E-state index contributed by atoms with van der Waals surface area (Å²) in [5.74, 6) is -1.01. The Bertz CT molecular complexity index is 643. The summed E-state index contributed by atoms with van der Waals surface area (Å²) in [5.41, 5.74) is -0.541. The molecule has 1 amide bonds. The Balaban J connectivity index is 2.39. The molecule has 0 aromatic heterocycles. The minimum Gasteiger partial charge on any atom is -0.264 e. The van der Waals surface area contributed by atoms with E-state index in [0.29, 0.717) is 25.1 Å². The minimum absolute atomic E-state index is 0.00491. The van der Waals surface area contributed by atoms with Gasteiger partial charge in [-0.25, -0.2) is 0 Å². The first-order chi connectivity index (χ1) is 11.0. The summed E-state index contributed by atoms with van der Waals surface area (Å²) in [7, 11) is 0. The van der Waals surface area contributed by atoms with E-state index in [1.165, 1.54) is 4.68 Å². The Labute approximate surface area is 133 Å². The number of rotatable bonds is 2. The highest BCUT2D eigenvalue weighted by Gasteiger charge is 2.37. The molecule has 0 saturated carbocycles. The van der Waals surface area contributed by atoms with E-state index < -0.39 is 35.0 Å².